The predicted octanol–water partition coefficient (Wildman–Crippen LogP) is 4.83. The van der Waals surface area contributed by atoms with Crippen LogP contribution in [0.3, 0.4) is 0 Å². The lowest BCUT2D eigenvalue weighted by Gasteiger charge is -2.26. The molecule has 0 aliphatic carbocycles. The van der Waals surface area contributed by atoms with Gasteiger partial charge in [0.05, 0.1) is 22.8 Å². The van der Waals surface area contributed by atoms with Crippen LogP contribution in [0, 0.1) is 11.6 Å². The number of benzene rings is 3. The summed E-state index contributed by atoms with van der Waals surface area (Å²) in [6.07, 6.45) is 1.31. The van der Waals surface area contributed by atoms with Gasteiger partial charge in [-0.05, 0) is 85.5 Å². The standard InChI is InChI=1S/C37H49F2N3O6S/c1-4-12-42(13-5-2)37(46)30-20-29(21-33(22-30)49(47,48)15-8-7-14-43)36(45)41-34(19-28-17-31(38)23-32(39)18-28)35(44)25-40-24-27-11-9-10-26(6-3)16-27/h9-11,16-18,20-23,34-35,40,43-44H,4-8,12-15,19,24-25H2,1-3H3,(H,41,45)/t34-,35+/m0/s1. The van der Waals surface area contributed by atoms with Gasteiger partial charge in [-0.25, -0.2) is 17.2 Å². The molecule has 0 fully saturated rings. The first-order chi connectivity index (χ1) is 23.4. The smallest absolute Gasteiger partial charge is 0.253 e. The molecule has 3 aromatic carbocycles. The Kier molecular flexibility index (Phi) is 15.8. The molecule has 3 rings (SSSR count). The largest absolute Gasteiger partial charge is 0.396 e. The minimum Gasteiger partial charge on any atom is -0.396 e. The van der Waals surface area contributed by atoms with Crippen LogP contribution in [0.4, 0.5) is 8.78 Å². The van der Waals surface area contributed by atoms with Gasteiger partial charge in [-0.15, -0.1) is 0 Å². The molecule has 3 aromatic rings. The number of hydrogen-bond donors (Lipinski definition) is 4. The summed E-state index contributed by atoms with van der Waals surface area (Å²) < 4.78 is 54.9. The van der Waals surface area contributed by atoms with E-state index in [1.165, 1.54) is 18.2 Å². The van der Waals surface area contributed by atoms with Gasteiger partial charge in [0.15, 0.2) is 9.84 Å². The highest BCUT2D eigenvalue weighted by molar-refractivity contribution is 7.91. The molecular weight excluding hydrogens is 652 g/mol. The summed E-state index contributed by atoms with van der Waals surface area (Å²) >= 11 is 0. The normalized spacial score (nSPS) is 12.8. The third-order valence-corrected chi connectivity index (χ3v) is 9.89. The van der Waals surface area contributed by atoms with Crippen LogP contribution < -0.4 is 10.6 Å². The summed E-state index contributed by atoms with van der Waals surface area (Å²) in [6.45, 7) is 7.04. The van der Waals surface area contributed by atoms with Gasteiger partial charge < -0.3 is 25.7 Å². The topological polar surface area (TPSA) is 136 Å². The van der Waals surface area contributed by atoms with Crippen molar-refractivity contribution in [2.75, 3.05) is 32.0 Å². The van der Waals surface area contributed by atoms with Crippen LogP contribution in [0.5, 0.6) is 0 Å². The highest BCUT2D eigenvalue weighted by atomic mass is 32.2. The summed E-state index contributed by atoms with van der Waals surface area (Å²) in [5, 5.41) is 26.4. The molecule has 0 heterocycles. The van der Waals surface area contributed by atoms with E-state index in [9.17, 15) is 31.9 Å². The fourth-order valence-electron chi connectivity index (χ4n) is 5.58. The van der Waals surface area contributed by atoms with E-state index in [4.69, 9.17) is 5.11 Å². The Morgan fingerprint density at radius 2 is 1.51 bits per heavy atom. The number of hydrogen-bond acceptors (Lipinski definition) is 7. The first-order valence-corrected chi connectivity index (χ1v) is 18.6. The molecule has 0 bridgehead atoms. The second kappa shape index (κ2) is 19.5. The average molecular weight is 702 g/mol. The molecule has 2 amide bonds. The van der Waals surface area contributed by atoms with Crippen molar-refractivity contribution < 1.29 is 37.0 Å². The number of carbonyl (C=O) groups is 2. The second-order valence-corrected chi connectivity index (χ2v) is 14.3. The highest BCUT2D eigenvalue weighted by Crippen LogP contribution is 2.21. The SMILES string of the molecule is CCCN(CCC)C(=O)c1cc(C(=O)N[C@@H](Cc2cc(F)cc(F)c2)[C@H](O)CNCc2cccc(CC)c2)cc(S(=O)(=O)CCCCO)c1. The van der Waals surface area contributed by atoms with Crippen molar-refractivity contribution in [3.63, 3.8) is 0 Å². The molecule has 4 N–H and O–H groups in total. The number of aliphatic hydroxyl groups excluding tert-OH is 2. The highest BCUT2D eigenvalue weighted by Gasteiger charge is 2.26. The van der Waals surface area contributed by atoms with E-state index < -0.39 is 45.4 Å². The summed E-state index contributed by atoms with van der Waals surface area (Å²) in [7, 11) is -3.95. The second-order valence-electron chi connectivity index (χ2n) is 12.2. The number of halogens is 2. The van der Waals surface area contributed by atoms with Gasteiger partial charge in [-0.1, -0.05) is 45.0 Å². The van der Waals surface area contributed by atoms with E-state index in [2.05, 4.69) is 10.6 Å². The van der Waals surface area contributed by atoms with Gasteiger partial charge in [-0.3, -0.25) is 9.59 Å². The number of rotatable bonds is 20. The number of aryl methyl sites for hydroxylation is 1. The Labute approximate surface area is 288 Å². The molecule has 0 spiro atoms. The molecule has 0 radical (unpaired) electrons. The summed E-state index contributed by atoms with van der Waals surface area (Å²) in [5.41, 5.74) is 2.25. The third-order valence-electron chi connectivity index (χ3n) is 8.11. The number of carbonyl (C=O) groups excluding carboxylic acids is 2. The van der Waals surface area contributed by atoms with Crippen LogP contribution in [-0.4, -0.2) is 79.5 Å². The summed E-state index contributed by atoms with van der Waals surface area (Å²) in [5.74, 6) is -3.10. The van der Waals surface area contributed by atoms with Crippen LogP contribution in [0.1, 0.15) is 83.9 Å². The molecule has 9 nitrogen and oxygen atoms in total. The molecule has 0 aliphatic rings. The fourth-order valence-corrected chi connectivity index (χ4v) is 7.01. The maximum Gasteiger partial charge on any atom is 0.253 e. The maximum absolute atomic E-state index is 14.1. The molecule has 0 aromatic heterocycles. The summed E-state index contributed by atoms with van der Waals surface area (Å²) in [4.78, 5) is 28.8. The van der Waals surface area contributed by atoms with Crippen LogP contribution in [0.15, 0.2) is 65.6 Å². The zero-order valence-corrected chi connectivity index (χ0v) is 29.4. The molecule has 12 heteroatoms. The first kappa shape index (κ1) is 39.7. The molecule has 0 aliphatic heterocycles. The van der Waals surface area contributed by atoms with Crippen LogP contribution in [0.25, 0.3) is 0 Å². The molecule has 2 atom stereocenters. The minimum absolute atomic E-state index is 0.0190. The Bertz CT molecular complexity index is 1630. The van der Waals surface area contributed by atoms with Crippen molar-refractivity contribution in [1.29, 1.82) is 0 Å². The number of aliphatic hydroxyl groups is 2. The van der Waals surface area contributed by atoms with Crippen molar-refractivity contribution >= 4 is 21.7 Å². The Hall–Kier alpha value is -3.71. The van der Waals surface area contributed by atoms with Gasteiger partial charge in [0, 0.05) is 50.0 Å². The Balaban J connectivity index is 1.96. The Morgan fingerprint density at radius 3 is 2.14 bits per heavy atom. The molecule has 268 valence electrons. The van der Waals surface area contributed by atoms with Gasteiger partial charge in [0.25, 0.3) is 11.8 Å². The molecule has 49 heavy (non-hydrogen) atoms. The summed E-state index contributed by atoms with van der Waals surface area (Å²) in [6, 6.07) is 13.6. The van der Waals surface area contributed by atoms with E-state index >= 15 is 0 Å². The quantitative estimate of drug-likeness (QED) is 0.124. The Morgan fingerprint density at radius 1 is 0.857 bits per heavy atom. The molecular formula is C37H49F2N3O6S. The van der Waals surface area contributed by atoms with Crippen LogP contribution in [0.2, 0.25) is 0 Å². The van der Waals surface area contributed by atoms with Gasteiger partial charge in [-0.2, -0.15) is 0 Å². The van der Waals surface area contributed by atoms with E-state index in [1.54, 1.807) is 4.90 Å². The molecule has 0 saturated heterocycles. The van der Waals surface area contributed by atoms with Crippen LogP contribution in [-0.2, 0) is 29.2 Å². The van der Waals surface area contributed by atoms with Gasteiger partial charge in [0.1, 0.15) is 11.6 Å². The van der Waals surface area contributed by atoms with E-state index in [-0.39, 0.29) is 59.8 Å². The lowest BCUT2D eigenvalue weighted by Crippen LogP contribution is -2.48. The van der Waals surface area contributed by atoms with Crippen molar-refractivity contribution in [3.8, 4) is 0 Å². The first-order valence-electron chi connectivity index (χ1n) is 16.9. The zero-order valence-electron chi connectivity index (χ0n) is 28.6. The van der Waals surface area contributed by atoms with Crippen molar-refractivity contribution in [2.45, 2.75) is 82.9 Å². The monoisotopic (exact) mass is 701 g/mol. The zero-order chi connectivity index (χ0) is 36.0. The number of sulfone groups is 1. The third kappa shape index (κ3) is 12.3. The van der Waals surface area contributed by atoms with Crippen molar-refractivity contribution in [3.05, 3.63) is 100 Å². The van der Waals surface area contributed by atoms with E-state index in [0.29, 0.717) is 32.5 Å². The predicted molar refractivity (Wildman–Crippen MR) is 186 cm³/mol. The van der Waals surface area contributed by atoms with Gasteiger partial charge in [0.2, 0.25) is 0 Å². The number of nitrogens with one attached hydrogen (secondary N) is 2. The average Bonchev–Trinajstić information content (AvgIpc) is 3.07. The lowest BCUT2D eigenvalue weighted by atomic mass is 9.99. The fraction of sp³-hybridized carbons (Fsp3) is 0.459. The number of unbranched alkanes of at least 4 members (excludes halogenated alkanes) is 1. The van der Waals surface area contributed by atoms with Crippen molar-refractivity contribution in [2.24, 2.45) is 0 Å². The van der Waals surface area contributed by atoms with Crippen LogP contribution >= 0.6 is 0 Å². The molecule has 0 saturated carbocycles. The maximum atomic E-state index is 14.1. The minimum atomic E-state index is -3.95. The van der Waals surface area contributed by atoms with Gasteiger partial charge >= 0.3 is 0 Å². The number of amides is 2. The lowest BCUT2D eigenvalue weighted by molar-refractivity contribution is 0.0755. The van der Waals surface area contributed by atoms with E-state index in [0.717, 1.165) is 35.7 Å². The number of nitrogens with zero attached hydrogens (tertiary/aromatic N) is 1. The van der Waals surface area contributed by atoms with E-state index in [1.807, 2.05) is 45.0 Å². The van der Waals surface area contributed by atoms with Crippen molar-refractivity contribution in [1.82, 2.24) is 15.5 Å². The molecule has 0 unspecified atom stereocenters.